The second kappa shape index (κ2) is 13.0. The summed E-state index contributed by atoms with van der Waals surface area (Å²) in [6.07, 6.45) is 3.13. The van der Waals surface area contributed by atoms with E-state index in [9.17, 15) is 22.8 Å². The Balaban J connectivity index is 2.41. The molecule has 190 valence electrons. The van der Waals surface area contributed by atoms with Gasteiger partial charge in [-0.2, -0.15) is 0 Å². The first-order chi connectivity index (χ1) is 16.6. The van der Waals surface area contributed by atoms with Crippen LogP contribution in [-0.2, 0) is 26.2 Å². The number of sulfonamides is 1. The third kappa shape index (κ3) is 8.20. The Morgan fingerprint density at radius 2 is 1.69 bits per heavy atom. The third-order valence-corrected chi connectivity index (χ3v) is 6.77. The molecule has 0 radical (unpaired) electrons. The van der Waals surface area contributed by atoms with E-state index in [1.54, 1.807) is 12.1 Å². The van der Waals surface area contributed by atoms with Crippen LogP contribution in [0.2, 0.25) is 0 Å². The highest BCUT2D eigenvalue weighted by molar-refractivity contribution is 7.92. The van der Waals surface area contributed by atoms with E-state index in [1.165, 1.54) is 24.0 Å². The van der Waals surface area contributed by atoms with Crippen molar-refractivity contribution in [2.75, 3.05) is 23.7 Å². The number of anilines is 1. The maximum absolute atomic E-state index is 13.6. The highest BCUT2D eigenvalue weighted by Crippen LogP contribution is 2.21. The fraction of sp³-hybridized carbons (Fsp3) is 0.423. The molecule has 1 atom stereocenters. The van der Waals surface area contributed by atoms with Crippen molar-refractivity contribution in [3.8, 4) is 0 Å². The quantitative estimate of drug-likeness (QED) is 0.335. The molecule has 0 aliphatic heterocycles. The average Bonchev–Trinajstić information content (AvgIpc) is 2.82. The highest BCUT2D eigenvalue weighted by atomic mass is 32.2. The number of Topliss-reactive ketones (excluding diaryl/α,β-unsaturated/α-hetero) is 1. The number of benzene rings is 2. The summed E-state index contributed by atoms with van der Waals surface area (Å²) in [4.78, 5) is 39.8. The molecule has 0 aliphatic rings. The molecule has 2 aromatic carbocycles. The van der Waals surface area contributed by atoms with Crippen LogP contribution < -0.4 is 9.62 Å². The lowest BCUT2D eigenvalue weighted by molar-refractivity contribution is -0.140. The average molecular weight is 502 g/mol. The van der Waals surface area contributed by atoms with Crippen LogP contribution in [0.1, 0.15) is 56.0 Å². The lowest BCUT2D eigenvalue weighted by Gasteiger charge is -2.33. The maximum atomic E-state index is 13.6. The molecule has 0 aromatic heterocycles. The van der Waals surface area contributed by atoms with Crippen molar-refractivity contribution < 1.29 is 22.8 Å². The Kier molecular flexibility index (Phi) is 10.4. The van der Waals surface area contributed by atoms with Crippen molar-refractivity contribution >= 4 is 33.3 Å². The van der Waals surface area contributed by atoms with Crippen molar-refractivity contribution in [1.29, 1.82) is 0 Å². The van der Waals surface area contributed by atoms with Gasteiger partial charge in [0.25, 0.3) is 0 Å². The van der Waals surface area contributed by atoms with E-state index in [4.69, 9.17) is 0 Å². The summed E-state index contributed by atoms with van der Waals surface area (Å²) in [5, 5.41) is 2.89. The SMILES string of the molecule is CCCCNC(=O)[C@H](CC)N(Cc1ccccc1)C(=O)CN(c1cccc(C(C)=O)c1)S(C)(=O)=O. The normalized spacial score (nSPS) is 12.0. The largest absolute Gasteiger partial charge is 0.354 e. The molecule has 8 nitrogen and oxygen atoms in total. The van der Waals surface area contributed by atoms with Crippen molar-refractivity contribution in [2.45, 2.75) is 52.6 Å². The van der Waals surface area contributed by atoms with Gasteiger partial charge in [0.1, 0.15) is 12.6 Å². The molecule has 0 saturated carbocycles. The molecular weight excluding hydrogens is 466 g/mol. The molecular formula is C26H35N3O5S. The predicted molar refractivity (Wildman–Crippen MR) is 138 cm³/mol. The minimum atomic E-state index is -3.86. The molecule has 0 fully saturated rings. The van der Waals surface area contributed by atoms with Crippen LogP contribution >= 0.6 is 0 Å². The van der Waals surface area contributed by atoms with Crippen LogP contribution in [0.3, 0.4) is 0 Å². The fourth-order valence-corrected chi connectivity index (χ4v) is 4.54. The summed E-state index contributed by atoms with van der Waals surface area (Å²) in [5.41, 5.74) is 1.38. The summed E-state index contributed by atoms with van der Waals surface area (Å²) < 4.78 is 26.3. The topological polar surface area (TPSA) is 104 Å². The van der Waals surface area contributed by atoms with Gasteiger partial charge in [0.05, 0.1) is 11.9 Å². The second-order valence-electron chi connectivity index (χ2n) is 8.45. The Morgan fingerprint density at radius 3 is 2.26 bits per heavy atom. The Bertz CT molecular complexity index is 1120. The van der Waals surface area contributed by atoms with Crippen molar-refractivity contribution in [3.63, 3.8) is 0 Å². The molecule has 0 spiro atoms. The van der Waals surface area contributed by atoms with Crippen LogP contribution in [0, 0.1) is 0 Å². The molecule has 0 bridgehead atoms. The molecule has 0 saturated heterocycles. The summed E-state index contributed by atoms with van der Waals surface area (Å²) in [6.45, 7) is 5.40. The molecule has 9 heteroatoms. The van der Waals surface area contributed by atoms with Gasteiger partial charge in [-0.05, 0) is 37.5 Å². The van der Waals surface area contributed by atoms with Crippen LogP contribution in [0.15, 0.2) is 54.6 Å². The number of rotatable bonds is 13. The van der Waals surface area contributed by atoms with Gasteiger partial charge in [-0.15, -0.1) is 0 Å². The minimum Gasteiger partial charge on any atom is -0.354 e. The van der Waals surface area contributed by atoms with Crippen molar-refractivity contribution in [2.24, 2.45) is 0 Å². The van der Waals surface area contributed by atoms with E-state index in [0.29, 0.717) is 18.5 Å². The first-order valence-electron chi connectivity index (χ1n) is 11.8. The van der Waals surface area contributed by atoms with Crippen molar-refractivity contribution in [3.05, 3.63) is 65.7 Å². The number of nitrogens with one attached hydrogen (secondary N) is 1. The molecule has 2 rings (SSSR count). The Labute approximate surface area is 208 Å². The third-order valence-electron chi connectivity index (χ3n) is 5.63. The van der Waals surface area contributed by atoms with E-state index in [-0.39, 0.29) is 23.9 Å². The van der Waals surface area contributed by atoms with Gasteiger partial charge < -0.3 is 10.2 Å². The van der Waals surface area contributed by atoms with Crippen LogP contribution in [-0.4, -0.2) is 56.3 Å². The van der Waals surface area contributed by atoms with Gasteiger partial charge in [-0.1, -0.05) is 62.7 Å². The second-order valence-corrected chi connectivity index (χ2v) is 10.4. The zero-order chi connectivity index (χ0) is 26.0. The summed E-state index contributed by atoms with van der Waals surface area (Å²) in [6, 6.07) is 14.6. The monoisotopic (exact) mass is 501 g/mol. The summed E-state index contributed by atoms with van der Waals surface area (Å²) in [7, 11) is -3.86. The molecule has 35 heavy (non-hydrogen) atoms. The van der Waals surface area contributed by atoms with E-state index in [1.807, 2.05) is 44.2 Å². The van der Waals surface area contributed by atoms with Crippen LogP contribution in [0.4, 0.5) is 5.69 Å². The number of nitrogens with zero attached hydrogens (tertiary/aromatic N) is 2. The van der Waals surface area contributed by atoms with Crippen LogP contribution in [0.25, 0.3) is 0 Å². The highest BCUT2D eigenvalue weighted by Gasteiger charge is 2.31. The zero-order valence-electron chi connectivity index (χ0n) is 20.9. The van der Waals surface area contributed by atoms with Gasteiger partial charge in [-0.25, -0.2) is 8.42 Å². The first kappa shape index (κ1) is 28.0. The number of carbonyl (C=O) groups excluding carboxylic acids is 3. The molecule has 2 amide bonds. The van der Waals surface area contributed by atoms with Crippen LogP contribution in [0.5, 0.6) is 0 Å². The molecule has 1 N–H and O–H groups in total. The summed E-state index contributed by atoms with van der Waals surface area (Å²) in [5.74, 6) is -0.994. The van der Waals surface area contributed by atoms with E-state index in [2.05, 4.69) is 5.32 Å². The van der Waals surface area contributed by atoms with E-state index in [0.717, 1.165) is 29.0 Å². The van der Waals surface area contributed by atoms with E-state index >= 15 is 0 Å². The van der Waals surface area contributed by atoms with Gasteiger partial charge in [-0.3, -0.25) is 18.7 Å². The molecule has 2 aromatic rings. The van der Waals surface area contributed by atoms with Gasteiger partial charge >= 0.3 is 0 Å². The smallest absolute Gasteiger partial charge is 0.244 e. The lowest BCUT2D eigenvalue weighted by atomic mass is 10.1. The standard InChI is InChI=1S/C26H35N3O5S/c1-5-7-16-27-26(32)24(6-2)28(18-21-12-9-8-10-13-21)25(31)19-29(35(4,33)34)23-15-11-14-22(17-23)20(3)30/h8-15,17,24H,5-7,16,18-19H2,1-4H3,(H,27,32)/t24-/m0/s1. The number of unbranched alkanes of at least 4 members (excludes halogenated alkanes) is 1. The molecule has 0 aliphatic carbocycles. The summed E-state index contributed by atoms with van der Waals surface area (Å²) >= 11 is 0. The van der Waals surface area contributed by atoms with Gasteiger partial charge in [0, 0.05) is 18.7 Å². The maximum Gasteiger partial charge on any atom is 0.244 e. The van der Waals surface area contributed by atoms with Crippen molar-refractivity contribution in [1.82, 2.24) is 10.2 Å². The van der Waals surface area contributed by atoms with Gasteiger partial charge in [0.15, 0.2) is 5.78 Å². The predicted octanol–water partition coefficient (Wildman–Crippen LogP) is 3.38. The zero-order valence-corrected chi connectivity index (χ0v) is 21.7. The number of carbonyl (C=O) groups is 3. The fourth-order valence-electron chi connectivity index (χ4n) is 3.70. The molecule has 0 unspecified atom stereocenters. The van der Waals surface area contributed by atoms with E-state index < -0.39 is 28.5 Å². The minimum absolute atomic E-state index is 0.157. The number of hydrogen-bond acceptors (Lipinski definition) is 5. The first-order valence-corrected chi connectivity index (χ1v) is 13.6. The van der Waals surface area contributed by atoms with Gasteiger partial charge in [0.2, 0.25) is 21.8 Å². The Hall–Kier alpha value is -3.20. The number of ketones is 1. The molecule has 0 heterocycles. The number of amides is 2. The lowest BCUT2D eigenvalue weighted by Crippen LogP contribution is -2.52. The Morgan fingerprint density at radius 1 is 1.00 bits per heavy atom. The number of hydrogen-bond donors (Lipinski definition) is 1.